The van der Waals surface area contributed by atoms with E-state index >= 15 is 0 Å². The van der Waals surface area contributed by atoms with Crippen molar-refractivity contribution < 1.29 is 9.47 Å². The lowest BCUT2D eigenvalue weighted by atomic mass is 10.3. The number of hydrogen-bond donors (Lipinski definition) is 0. The van der Waals surface area contributed by atoms with Gasteiger partial charge in [0.15, 0.2) is 0 Å². The van der Waals surface area contributed by atoms with Gasteiger partial charge in [-0.2, -0.15) is 0 Å². The van der Waals surface area contributed by atoms with Crippen LogP contribution in [-0.4, -0.2) is 19.3 Å². The minimum Gasteiger partial charge on any atom is -0.495 e. The van der Waals surface area contributed by atoms with Crippen molar-refractivity contribution in [2.24, 2.45) is 0 Å². The van der Waals surface area contributed by atoms with E-state index in [4.69, 9.17) is 9.47 Å². The molecule has 2 heteroatoms. The van der Waals surface area contributed by atoms with Gasteiger partial charge in [0.2, 0.25) is 0 Å². The highest BCUT2D eigenvalue weighted by Crippen LogP contribution is 2.12. The third-order valence-electron chi connectivity index (χ3n) is 1.73. The number of epoxide rings is 1. The zero-order chi connectivity index (χ0) is 9.52. The van der Waals surface area contributed by atoms with Gasteiger partial charge in [-0.1, -0.05) is 31.7 Å². The molecule has 0 radical (unpaired) electrons. The van der Waals surface area contributed by atoms with Gasteiger partial charge in [-0.05, 0) is 6.08 Å². The van der Waals surface area contributed by atoms with E-state index in [0.717, 1.165) is 18.8 Å². The molecule has 0 aliphatic carbocycles. The van der Waals surface area contributed by atoms with Gasteiger partial charge in [0, 0.05) is 6.42 Å². The van der Waals surface area contributed by atoms with Crippen molar-refractivity contribution in [1.82, 2.24) is 0 Å². The molecule has 13 heavy (non-hydrogen) atoms. The molecule has 1 heterocycles. The average Bonchev–Trinajstić information content (AvgIpc) is 2.94. The Morgan fingerprint density at radius 1 is 1.62 bits per heavy atom. The molecule has 0 saturated carbocycles. The molecule has 1 rings (SSSR count). The lowest BCUT2D eigenvalue weighted by Gasteiger charge is -2.05. The Kier molecular flexibility index (Phi) is 4.33. The lowest BCUT2D eigenvalue weighted by molar-refractivity contribution is 0.177. The predicted octanol–water partition coefficient (Wildman–Crippen LogP) is 2.44. The molecule has 0 aromatic heterocycles. The summed E-state index contributed by atoms with van der Waals surface area (Å²) in [7, 11) is 0. The predicted molar refractivity (Wildman–Crippen MR) is 53.4 cm³/mol. The SMILES string of the molecule is C=C/C=C\C=C(/CC)OCC1CO1. The zero-order valence-corrected chi connectivity index (χ0v) is 8.03. The Morgan fingerprint density at radius 2 is 2.38 bits per heavy atom. The van der Waals surface area contributed by atoms with Crippen LogP contribution in [0.4, 0.5) is 0 Å². The van der Waals surface area contributed by atoms with E-state index in [0.29, 0.717) is 12.7 Å². The van der Waals surface area contributed by atoms with E-state index < -0.39 is 0 Å². The molecule has 0 N–H and O–H groups in total. The summed E-state index contributed by atoms with van der Waals surface area (Å²) in [5.41, 5.74) is 0. The molecule has 0 spiro atoms. The van der Waals surface area contributed by atoms with Gasteiger partial charge in [0.1, 0.15) is 12.7 Å². The van der Waals surface area contributed by atoms with Crippen molar-refractivity contribution in [3.8, 4) is 0 Å². The van der Waals surface area contributed by atoms with Gasteiger partial charge in [-0.25, -0.2) is 0 Å². The van der Waals surface area contributed by atoms with Crippen molar-refractivity contribution in [1.29, 1.82) is 0 Å². The summed E-state index contributed by atoms with van der Waals surface area (Å²) < 4.78 is 10.6. The first-order valence-electron chi connectivity index (χ1n) is 4.59. The Hall–Kier alpha value is -1.02. The first-order valence-corrected chi connectivity index (χ1v) is 4.59. The van der Waals surface area contributed by atoms with E-state index in [2.05, 4.69) is 13.5 Å². The summed E-state index contributed by atoms with van der Waals surface area (Å²) in [4.78, 5) is 0. The molecule has 1 unspecified atom stereocenters. The summed E-state index contributed by atoms with van der Waals surface area (Å²) in [5, 5.41) is 0. The van der Waals surface area contributed by atoms with Crippen LogP contribution in [0.1, 0.15) is 13.3 Å². The molecule has 0 amide bonds. The second-order valence-corrected chi connectivity index (χ2v) is 2.87. The largest absolute Gasteiger partial charge is 0.495 e. The van der Waals surface area contributed by atoms with Crippen molar-refractivity contribution in [2.75, 3.05) is 13.2 Å². The highest BCUT2D eigenvalue weighted by molar-refractivity contribution is 5.12. The van der Waals surface area contributed by atoms with Crippen LogP contribution in [0.3, 0.4) is 0 Å². The van der Waals surface area contributed by atoms with Crippen LogP contribution in [0.15, 0.2) is 36.6 Å². The Labute approximate surface area is 79.5 Å². The maximum Gasteiger partial charge on any atom is 0.116 e. The quantitative estimate of drug-likeness (QED) is 0.356. The van der Waals surface area contributed by atoms with Crippen LogP contribution in [-0.2, 0) is 9.47 Å². The number of ether oxygens (including phenoxy) is 2. The van der Waals surface area contributed by atoms with Gasteiger partial charge < -0.3 is 9.47 Å². The fraction of sp³-hybridized carbons (Fsp3) is 0.455. The van der Waals surface area contributed by atoms with Gasteiger partial charge in [-0.15, -0.1) is 0 Å². The summed E-state index contributed by atoms with van der Waals surface area (Å²) in [6.07, 6.45) is 8.76. The molecule has 1 aliphatic heterocycles. The zero-order valence-electron chi connectivity index (χ0n) is 8.03. The van der Waals surface area contributed by atoms with Crippen LogP contribution >= 0.6 is 0 Å². The molecule has 1 aliphatic rings. The summed E-state index contributed by atoms with van der Waals surface area (Å²) in [5.74, 6) is 0.994. The Balaban J connectivity index is 2.26. The average molecular weight is 180 g/mol. The number of hydrogen-bond acceptors (Lipinski definition) is 2. The molecule has 2 nitrogen and oxygen atoms in total. The first kappa shape index (κ1) is 10.1. The standard InChI is InChI=1S/C11H16O2/c1-3-5-6-7-10(4-2)12-8-11-9-13-11/h3,5-7,11H,1,4,8-9H2,2H3/b6-5-,10-7+. The molecule has 0 bridgehead atoms. The molecular weight excluding hydrogens is 164 g/mol. The second-order valence-electron chi connectivity index (χ2n) is 2.87. The highest BCUT2D eigenvalue weighted by atomic mass is 16.6. The highest BCUT2D eigenvalue weighted by Gasteiger charge is 2.22. The molecule has 0 aromatic carbocycles. The maximum atomic E-state index is 5.51. The Bertz CT molecular complexity index is 212. The van der Waals surface area contributed by atoms with Crippen LogP contribution in [0.5, 0.6) is 0 Å². The number of allylic oxidation sites excluding steroid dienone is 5. The van der Waals surface area contributed by atoms with Crippen molar-refractivity contribution in [3.63, 3.8) is 0 Å². The number of rotatable bonds is 6. The minimum absolute atomic E-state index is 0.332. The van der Waals surface area contributed by atoms with E-state index in [1.165, 1.54) is 0 Å². The fourth-order valence-electron chi connectivity index (χ4n) is 0.874. The second kappa shape index (κ2) is 5.60. The van der Waals surface area contributed by atoms with E-state index in [1.807, 2.05) is 18.2 Å². The van der Waals surface area contributed by atoms with Crippen molar-refractivity contribution >= 4 is 0 Å². The third kappa shape index (κ3) is 4.53. The monoisotopic (exact) mass is 180 g/mol. The fourth-order valence-corrected chi connectivity index (χ4v) is 0.874. The van der Waals surface area contributed by atoms with Crippen LogP contribution < -0.4 is 0 Å². The maximum absolute atomic E-state index is 5.51. The smallest absolute Gasteiger partial charge is 0.116 e. The summed E-state index contributed by atoms with van der Waals surface area (Å²) >= 11 is 0. The van der Waals surface area contributed by atoms with Crippen LogP contribution in [0.2, 0.25) is 0 Å². The molecule has 1 atom stereocenters. The van der Waals surface area contributed by atoms with Crippen LogP contribution in [0, 0.1) is 0 Å². The molecule has 0 aromatic rings. The minimum atomic E-state index is 0.332. The Morgan fingerprint density at radius 3 is 2.92 bits per heavy atom. The lowest BCUT2D eigenvalue weighted by Crippen LogP contribution is -2.00. The molecular formula is C11H16O2. The van der Waals surface area contributed by atoms with Crippen LogP contribution in [0.25, 0.3) is 0 Å². The first-order chi connectivity index (χ1) is 6.36. The van der Waals surface area contributed by atoms with E-state index in [-0.39, 0.29) is 0 Å². The third-order valence-corrected chi connectivity index (χ3v) is 1.73. The molecule has 1 fully saturated rings. The molecule has 1 saturated heterocycles. The summed E-state index contributed by atoms with van der Waals surface area (Å²) in [6, 6.07) is 0. The van der Waals surface area contributed by atoms with Crippen molar-refractivity contribution in [2.45, 2.75) is 19.4 Å². The molecule has 72 valence electrons. The van der Waals surface area contributed by atoms with Gasteiger partial charge in [0.05, 0.1) is 12.4 Å². The summed E-state index contributed by atoms with van der Waals surface area (Å²) in [6.45, 7) is 7.19. The van der Waals surface area contributed by atoms with Gasteiger partial charge >= 0.3 is 0 Å². The topological polar surface area (TPSA) is 21.8 Å². The van der Waals surface area contributed by atoms with Gasteiger partial charge in [0.25, 0.3) is 0 Å². The van der Waals surface area contributed by atoms with Gasteiger partial charge in [-0.3, -0.25) is 0 Å². The normalized spacial score (nSPS) is 21.9. The van der Waals surface area contributed by atoms with E-state index in [9.17, 15) is 0 Å². The van der Waals surface area contributed by atoms with Crippen molar-refractivity contribution in [3.05, 3.63) is 36.6 Å². The van der Waals surface area contributed by atoms with E-state index in [1.54, 1.807) is 6.08 Å².